The molecule has 2 aliphatic heterocycles. The molecule has 0 radical (unpaired) electrons. The largest absolute Gasteiger partial charge is 0.490 e. The van der Waals surface area contributed by atoms with Gasteiger partial charge < -0.3 is 19.5 Å². The molecular weight excluding hydrogens is 530 g/mol. The van der Waals surface area contributed by atoms with Crippen LogP contribution in [0.25, 0.3) is 10.9 Å². The maximum Gasteiger partial charge on any atom is 0.228 e. The summed E-state index contributed by atoms with van der Waals surface area (Å²) in [6, 6.07) is 14.3. The molecule has 0 atom stereocenters. The average molecular weight is 570 g/mol. The van der Waals surface area contributed by atoms with Crippen molar-refractivity contribution in [3.05, 3.63) is 72.2 Å². The maximum atomic E-state index is 12.7. The van der Waals surface area contributed by atoms with Crippen molar-refractivity contribution in [1.29, 1.82) is 0 Å². The molecule has 0 unspecified atom stereocenters. The molecule has 2 fully saturated rings. The van der Waals surface area contributed by atoms with Gasteiger partial charge in [0.15, 0.2) is 0 Å². The van der Waals surface area contributed by atoms with E-state index in [4.69, 9.17) is 14.2 Å². The van der Waals surface area contributed by atoms with Crippen LogP contribution in [0.1, 0.15) is 44.7 Å². The Morgan fingerprint density at radius 2 is 1.88 bits per heavy atom. The van der Waals surface area contributed by atoms with Crippen LogP contribution in [-0.2, 0) is 21.5 Å². The van der Waals surface area contributed by atoms with Gasteiger partial charge in [0.05, 0.1) is 48.6 Å². The highest BCUT2D eigenvalue weighted by molar-refractivity contribution is 5.92. The van der Waals surface area contributed by atoms with Crippen LogP contribution in [0, 0.1) is 6.92 Å². The summed E-state index contributed by atoms with van der Waals surface area (Å²) >= 11 is 0. The first-order chi connectivity index (χ1) is 20.2. The lowest BCUT2D eigenvalue weighted by molar-refractivity contribution is -0.115. The zero-order valence-corrected chi connectivity index (χ0v) is 24.8. The number of anilines is 1. The van der Waals surface area contributed by atoms with Crippen LogP contribution in [0.5, 0.6) is 17.2 Å². The van der Waals surface area contributed by atoms with Gasteiger partial charge in [-0.05, 0) is 82.0 Å². The minimum Gasteiger partial charge on any atom is -0.490 e. The summed E-state index contributed by atoms with van der Waals surface area (Å²) in [5.41, 5.74) is 3.25. The first-order valence-electron chi connectivity index (χ1n) is 14.7. The highest BCUT2D eigenvalue weighted by Crippen LogP contribution is 2.34. The summed E-state index contributed by atoms with van der Waals surface area (Å²) in [5, 5.41) is 8.19. The zero-order chi connectivity index (χ0) is 29.3. The number of pyridine rings is 1. The lowest BCUT2D eigenvalue weighted by atomic mass is 10.0. The molecule has 0 spiro atoms. The number of rotatable bonds is 8. The molecule has 0 saturated carbocycles. The number of hydrogen-bond acceptors (Lipinski definition) is 7. The number of nitrogens with zero attached hydrogens (tertiary/aromatic N) is 4. The molecule has 9 nitrogen and oxygen atoms in total. The van der Waals surface area contributed by atoms with E-state index in [0.717, 1.165) is 78.4 Å². The fourth-order valence-electron chi connectivity index (χ4n) is 5.45. The van der Waals surface area contributed by atoms with Gasteiger partial charge in [-0.2, -0.15) is 5.10 Å². The van der Waals surface area contributed by atoms with E-state index in [1.165, 1.54) is 0 Å². The van der Waals surface area contributed by atoms with E-state index in [2.05, 4.69) is 41.1 Å². The fraction of sp³-hybridized carbons (Fsp3) is 0.424. The molecule has 0 bridgehead atoms. The molecule has 9 heteroatoms. The lowest BCUT2D eigenvalue weighted by Crippen LogP contribution is -2.52. The highest BCUT2D eigenvalue weighted by Gasteiger charge is 2.30. The molecule has 2 saturated heterocycles. The molecule has 2 aromatic carbocycles. The normalized spacial score (nSPS) is 16.8. The molecular formula is C33H39N5O4. The molecule has 42 heavy (non-hydrogen) atoms. The second-order valence-corrected chi connectivity index (χ2v) is 12.3. The molecule has 1 N–H and O–H groups in total. The van der Waals surface area contributed by atoms with Crippen LogP contribution in [-0.4, -0.2) is 64.0 Å². The number of likely N-dealkylation sites (tertiary alicyclic amines) is 1. The van der Waals surface area contributed by atoms with Gasteiger partial charge in [0.2, 0.25) is 5.91 Å². The van der Waals surface area contributed by atoms with Gasteiger partial charge in [-0.15, -0.1) is 0 Å². The van der Waals surface area contributed by atoms with E-state index in [0.29, 0.717) is 11.7 Å². The maximum absolute atomic E-state index is 12.7. The number of hydrogen-bond donors (Lipinski definition) is 1. The van der Waals surface area contributed by atoms with Crippen LogP contribution in [0.3, 0.4) is 0 Å². The van der Waals surface area contributed by atoms with Crippen LogP contribution in [0.15, 0.2) is 61.1 Å². The monoisotopic (exact) mass is 569 g/mol. The Bertz CT molecular complexity index is 1560. The van der Waals surface area contributed by atoms with Gasteiger partial charge in [-0.25, -0.2) is 0 Å². The number of aryl methyl sites for hydroxylation is 1. The van der Waals surface area contributed by atoms with Gasteiger partial charge in [-0.3, -0.25) is 19.4 Å². The number of ether oxygens (including phenoxy) is 3. The number of piperidine rings is 1. The lowest BCUT2D eigenvalue weighted by Gasteiger charge is -2.41. The van der Waals surface area contributed by atoms with E-state index in [-0.39, 0.29) is 24.0 Å². The summed E-state index contributed by atoms with van der Waals surface area (Å²) in [5.74, 6) is 2.19. The minimum absolute atomic E-state index is 0.0908. The third-order valence-corrected chi connectivity index (χ3v) is 7.97. The third kappa shape index (κ3) is 6.42. The predicted molar refractivity (Wildman–Crippen MR) is 162 cm³/mol. The molecule has 220 valence electrons. The Morgan fingerprint density at radius 3 is 2.57 bits per heavy atom. The Kier molecular flexibility index (Phi) is 7.88. The number of aromatic nitrogens is 3. The van der Waals surface area contributed by atoms with Crippen molar-refractivity contribution in [3.8, 4) is 17.2 Å². The average Bonchev–Trinajstić information content (AvgIpc) is 3.40. The van der Waals surface area contributed by atoms with Crippen LogP contribution in [0.4, 0.5) is 5.69 Å². The Morgan fingerprint density at radius 1 is 1.07 bits per heavy atom. The molecule has 6 rings (SSSR count). The number of amides is 1. The first kappa shape index (κ1) is 28.2. The van der Waals surface area contributed by atoms with Crippen molar-refractivity contribution in [2.75, 3.05) is 31.6 Å². The van der Waals surface area contributed by atoms with Crippen molar-refractivity contribution in [2.24, 2.45) is 0 Å². The summed E-state index contributed by atoms with van der Waals surface area (Å²) in [7, 11) is 0. The highest BCUT2D eigenvalue weighted by atomic mass is 16.5. The number of nitrogens with one attached hydrogen (secondary N) is 1. The third-order valence-electron chi connectivity index (χ3n) is 7.97. The van der Waals surface area contributed by atoms with E-state index in [1.54, 1.807) is 12.4 Å². The van der Waals surface area contributed by atoms with Crippen molar-refractivity contribution in [3.63, 3.8) is 0 Å². The topological polar surface area (TPSA) is 90.7 Å². The number of carbonyl (C=O) groups excluding carboxylic acids is 1. The van der Waals surface area contributed by atoms with Crippen LogP contribution >= 0.6 is 0 Å². The first-order valence-corrected chi connectivity index (χ1v) is 14.7. The van der Waals surface area contributed by atoms with E-state index >= 15 is 0 Å². The van der Waals surface area contributed by atoms with Gasteiger partial charge in [-0.1, -0.05) is 12.1 Å². The van der Waals surface area contributed by atoms with Gasteiger partial charge in [0.1, 0.15) is 23.4 Å². The molecule has 4 heterocycles. The van der Waals surface area contributed by atoms with Crippen molar-refractivity contribution in [1.82, 2.24) is 19.7 Å². The number of carbonyl (C=O) groups is 1. The number of benzene rings is 2. The molecule has 0 aliphatic carbocycles. The van der Waals surface area contributed by atoms with Crippen molar-refractivity contribution >= 4 is 22.5 Å². The van der Waals surface area contributed by atoms with E-state index in [9.17, 15) is 4.79 Å². The quantitative estimate of drug-likeness (QED) is 0.291. The summed E-state index contributed by atoms with van der Waals surface area (Å²) in [4.78, 5) is 19.8. The van der Waals surface area contributed by atoms with Crippen molar-refractivity contribution in [2.45, 2.75) is 64.6 Å². The summed E-state index contributed by atoms with van der Waals surface area (Å²) in [6.07, 6.45) is 7.76. The molecule has 2 aromatic heterocycles. The van der Waals surface area contributed by atoms with E-state index < -0.39 is 0 Å². The SMILES string of the molecule is Cc1cc(CC(=O)Nc2cnn(C(C)(C)C)c2)ccc1Oc1ccnc2ccc(OC3CCN(C4COC4)CC3)cc12. The molecule has 4 aromatic rings. The van der Waals surface area contributed by atoms with Gasteiger partial charge >= 0.3 is 0 Å². The Hall–Kier alpha value is -3.95. The van der Waals surface area contributed by atoms with Crippen LogP contribution < -0.4 is 14.8 Å². The second kappa shape index (κ2) is 11.7. The molecule has 1 amide bonds. The second-order valence-electron chi connectivity index (χ2n) is 12.3. The fourth-order valence-corrected chi connectivity index (χ4v) is 5.45. The van der Waals surface area contributed by atoms with E-state index in [1.807, 2.05) is 60.3 Å². The summed E-state index contributed by atoms with van der Waals surface area (Å²) < 4.78 is 20.0. The Labute approximate surface area is 246 Å². The summed E-state index contributed by atoms with van der Waals surface area (Å²) in [6.45, 7) is 12.0. The predicted octanol–water partition coefficient (Wildman–Crippen LogP) is 5.71. The number of fused-ring (bicyclic) bond motifs is 1. The standard InChI is InChI=1S/C33H39N5O4/c1-22-15-23(16-32(39)36-24-18-35-38(19-24)33(2,3)4)5-8-30(22)42-31-9-12-34-29-7-6-27(17-28(29)31)41-26-10-13-37(14-11-26)25-20-40-21-25/h5-9,12,15,17-19,25-26H,10-11,13-14,16,20-21H2,1-4H3,(H,36,39). The smallest absolute Gasteiger partial charge is 0.228 e. The van der Waals surface area contributed by atoms with Crippen molar-refractivity contribution < 1.29 is 19.0 Å². The van der Waals surface area contributed by atoms with Crippen LogP contribution in [0.2, 0.25) is 0 Å². The zero-order valence-electron chi connectivity index (χ0n) is 24.8. The Balaban J connectivity index is 1.10. The van der Waals surface area contributed by atoms with Gasteiger partial charge in [0.25, 0.3) is 0 Å². The molecule has 2 aliphatic rings. The minimum atomic E-state index is -0.145. The van der Waals surface area contributed by atoms with Gasteiger partial charge in [0, 0.05) is 30.9 Å².